The molecular formula is C5H15Na3O9S3. The van der Waals surface area contributed by atoms with Gasteiger partial charge in [-0.2, -0.15) is 25.3 Å². The predicted octanol–water partition coefficient (Wildman–Crippen LogP) is -3.29. The molecule has 0 unspecified atom stereocenters. The van der Waals surface area contributed by atoms with Crippen LogP contribution in [0.2, 0.25) is 0 Å². The van der Waals surface area contributed by atoms with Crippen LogP contribution < -0.4 is 0 Å². The van der Waals surface area contributed by atoms with E-state index in [0.29, 0.717) is 0 Å². The van der Waals surface area contributed by atoms with Crippen molar-refractivity contribution in [3.8, 4) is 0 Å². The van der Waals surface area contributed by atoms with Gasteiger partial charge in [-0.05, 0) is 12.3 Å². The summed E-state index contributed by atoms with van der Waals surface area (Å²) in [4.78, 5) is 0. The molecule has 15 heteroatoms. The van der Waals surface area contributed by atoms with Gasteiger partial charge in [0.25, 0.3) is 30.4 Å². The van der Waals surface area contributed by atoms with E-state index in [-0.39, 0.29) is 88.7 Å². The molecule has 0 aliphatic heterocycles. The molecular weight excluding hydrogens is 369 g/mol. The summed E-state index contributed by atoms with van der Waals surface area (Å²) in [6.45, 7) is 0. The fraction of sp³-hybridized carbons (Fsp3) is 1.00. The first-order valence-corrected chi connectivity index (χ1v) is 8.97. The van der Waals surface area contributed by atoms with Gasteiger partial charge in [-0.15, -0.1) is 0 Å². The first-order valence-electron chi connectivity index (χ1n) is 4.14. The van der Waals surface area contributed by atoms with Crippen LogP contribution >= 0.6 is 0 Å². The van der Waals surface area contributed by atoms with Gasteiger partial charge in [0, 0.05) is 0 Å². The van der Waals surface area contributed by atoms with Crippen molar-refractivity contribution < 1.29 is 38.9 Å². The van der Waals surface area contributed by atoms with Crippen molar-refractivity contribution in [1.82, 2.24) is 0 Å². The van der Waals surface area contributed by atoms with Crippen LogP contribution in [-0.4, -0.2) is 145 Å². The van der Waals surface area contributed by atoms with Gasteiger partial charge in [-0.3, -0.25) is 13.7 Å². The Morgan fingerprint density at radius 1 is 0.650 bits per heavy atom. The van der Waals surface area contributed by atoms with E-state index in [2.05, 4.69) is 0 Å². The normalized spacial score (nSPS) is 12.0. The van der Waals surface area contributed by atoms with Crippen LogP contribution in [0.4, 0.5) is 0 Å². The summed E-state index contributed by atoms with van der Waals surface area (Å²) in [7, 11) is -13.4. The van der Waals surface area contributed by atoms with Gasteiger partial charge in [0.05, 0.1) is 17.3 Å². The zero-order chi connectivity index (χ0) is 13.9. The molecule has 0 bridgehead atoms. The van der Waals surface area contributed by atoms with Crippen molar-refractivity contribution in [3.63, 3.8) is 0 Å². The molecule has 0 fully saturated rings. The van der Waals surface area contributed by atoms with Gasteiger partial charge in [-0.1, -0.05) is 0 Å². The van der Waals surface area contributed by atoms with Gasteiger partial charge < -0.3 is 0 Å². The maximum atomic E-state index is 10.5. The summed E-state index contributed by atoms with van der Waals surface area (Å²) in [5.74, 6) is -4.25. The molecule has 0 atom stereocenters. The van der Waals surface area contributed by atoms with Crippen LogP contribution in [0.25, 0.3) is 0 Å². The summed E-state index contributed by atoms with van der Waals surface area (Å²) in [6, 6.07) is 0. The summed E-state index contributed by atoms with van der Waals surface area (Å²) >= 11 is 0. The van der Waals surface area contributed by atoms with E-state index in [0.717, 1.165) is 0 Å². The quantitative estimate of drug-likeness (QED) is 0.301. The second-order valence-electron chi connectivity index (χ2n) is 3.44. The van der Waals surface area contributed by atoms with Crippen molar-refractivity contribution >= 4 is 119 Å². The second kappa shape index (κ2) is 12.1. The Labute approximate surface area is 184 Å². The van der Waals surface area contributed by atoms with Crippen molar-refractivity contribution in [2.75, 3.05) is 17.3 Å². The van der Waals surface area contributed by atoms with Gasteiger partial charge >= 0.3 is 88.7 Å². The van der Waals surface area contributed by atoms with E-state index >= 15 is 0 Å². The van der Waals surface area contributed by atoms with Crippen LogP contribution in [0.1, 0.15) is 6.42 Å². The summed E-state index contributed by atoms with van der Waals surface area (Å²) in [5, 5.41) is 0. The van der Waals surface area contributed by atoms with E-state index in [1.807, 2.05) is 0 Å². The minimum atomic E-state index is -4.52. The molecule has 0 aromatic heterocycles. The fourth-order valence-electron chi connectivity index (χ4n) is 1.13. The molecule has 0 aromatic rings. The third-order valence-electron chi connectivity index (χ3n) is 1.68. The molecule has 0 heterocycles. The van der Waals surface area contributed by atoms with E-state index in [4.69, 9.17) is 13.7 Å². The first kappa shape index (κ1) is 30.6. The number of hydrogen-bond acceptors (Lipinski definition) is 6. The zero-order valence-electron chi connectivity index (χ0n) is 8.42. The van der Waals surface area contributed by atoms with Crippen LogP contribution in [0.15, 0.2) is 0 Å². The van der Waals surface area contributed by atoms with Crippen LogP contribution in [-0.2, 0) is 30.4 Å². The van der Waals surface area contributed by atoms with Crippen molar-refractivity contribution in [2.45, 2.75) is 6.42 Å². The van der Waals surface area contributed by atoms with Gasteiger partial charge in [0.1, 0.15) is 0 Å². The summed E-state index contributed by atoms with van der Waals surface area (Å²) < 4.78 is 88.3. The zero-order valence-corrected chi connectivity index (χ0v) is 10.9. The van der Waals surface area contributed by atoms with Gasteiger partial charge in [-0.25, -0.2) is 0 Å². The molecule has 110 valence electrons. The average Bonchev–Trinajstić information content (AvgIpc) is 1.92. The topological polar surface area (TPSA) is 163 Å². The molecule has 0 spiro atoms. The van der Waals surface area contributed by atoms with Gasteiger partial charge in [0.15, 0.2) is 0 Å². The molecule has 3 N–H and O–H groups in total. The van der Waals surface area contributed by atoms with E-state index < -0.39 is 60.0 Å². The third kappa shape index (κ3) is 23.0. The monoisotopic (exact) mass is 384 g/mol. The van der Waals surface area contributed by atoms with Crippen LogP contribution in [0.3, 0.4) is 0 Å². The van der Waals surface area contributed by atoms with Crippen molar-refractivity contribution in [3.05, 3.63) is 0 Å². The summed E-state index contributed by atoms with van der Waals surface area (Å²) in [6.07, 6.45) is -0.529. The van der Waals surface area contributed by atoms with E-state index in [1.54, 1.807) is 0 Å². The number of rotatable bonds is 7. The molecule has 0 radical (unpaired) electrons. The van der Waals surface area contributed by atoms with Crippen LogP contribution in [0, 0.1) is 5.92 Å². The van der Waals surface area contributed by atoms with E-state index in [1.165, 1.54) is 0 Å². The second-order valence-corrected chi connectivity index (χ2v) is 8.00. The fourth-order valence-corrected chi connectivity index (χ4v) is 3.67. The SMILES string of the molecule is O=S(=O)(O)CCC(CS(=O)(=O)O)CS(=O)(=O)O.[NaH].[NaH].[NaH]. The maximum absolute atomic E-state index is 10.5. The molecule has 0 saturated carbocycles. The molecule has 9 nitrogen and oxygen atoms in total. The molecule has 0 rings (SSSR count). The third-order valence-corrected chi connectivity index (χ3v) is 4.21. The van der Waals surface area contributed by atoms with Crippen molar-refractivity contribution in [1.29, 1.82) is 0 Å². The molecule has 0 aliphatic rings. The summed E-state index contributed by atoms with van der Waals surface area (Å²) in [5.41, 5.74) is 0. The van der Waals surface area contributed by atoms with E-state index in [9.17, 15) is 25.3 Å². The first-order chi connectivity index (χ1) is 7.29. The van der Waals surface area contributed by atoms with Gasteiger partial charge in [0.2, 0.25) is 0 Å². The Balaban J connectivity index is -0.000000427. The minimum absolute atomic E-state index is 0. The van der Waals surface area contributed by atoms with Crippen molar-refractivity contribution in [2.24, 2.45) is 5.92 Å². The molecule has 20 heavy (non-hydrogen) atoms. The number of hydrogen-bond donors (Lipinski definition) is 3. The Hall–Kier alpha value is 2.73. The Bertz CT molecular complexity index is 518. The molecule has 0 aromatic carbocycles. The molecule has 0 amide bonds. The van der Waals surface area contributed by atoms with Crippen LogP contribution in [0.5, 0.6) is 0 Å². The Morgan fingerprint density at radius 3 is 1.15 bits per heavy atom. The standard InChI is InChI=1S/C5H12O9S3.3Na.3H/c6-15(7,8)2-1-5(3-16(9,10)11)4-17(12,13)14;;;;;;/h5H,1-4H2,(H,6,7,8)(H,9,10,11)(H,12,13,14);;;;;;. The average molecular weight is 384 g/mol. The Morgan fingerprint density at radius 2 is 0.950 bits per heavy atom. The predicted molar refractivity (Wildman–Crippen MR) is 78.8 cm³/mol. The molecule has 0 aliphatic carbocycles. The molecule has 0 saturated heterocycles. The Kier molecular flexibility index (Phi) is 18.6.